The molecule has 0 radical (unpaired) electrons. The summed E-state index contributed by atoms with van der Waals surface area (Å²) in [7, 11) is 0. The Hall–Kier alpha value is -3.22. The van der Waals surface area contributed by atoms with Gasteiger partial charge < -0.3 is 10.1 Å². The van der Waals surface area contributed by atoms with E-state index in [0.717, 1.165) is 0 Å². The van der Waals surface area contributed by atoms with Crippen LogP contribution in [0.4, 0.5) is 11.4 Å². The lowest BCUT2D eigenvalue weighted by Gasteiger charge is -2.06. The van der Waals surface area contributed by atoms with Crippen LogP contribution in [0.15, 0.2) is 54.6 Å². The molecule has 0 spiro atoms. The maximum absolute atomic E-state index is 11.8. The summed E-state index contributed by atoms with van der Waals surface area (Å²) < 4.78 is 4.80. The summed E-state index contributed by atoms with van der Waals surface area (Å²) in [6.45, 7) is -0.528. The van der Waals surface area contributed by atoms with Gasteiger partial charge in [0.25, 0.3) is 11.6 Å². The number of nitro groups is 1. The fourth-order valence-corrected chi connectivity index (χ4v) is 1.73. The molecule has 0 bridgehead atoms. The van der Waals surface area contributed by atoms with E-state index in [1.54, 1.807) is 30.3 Å². The lowest BCUT2D eigenvalue weighted by Crippen LogP contribution is -2.21. The number of amides is 1. The molecule has 1 amide bonds. The van der Waals surface area contributed by atoms with Crippen molar-refractivity contribution in [3.05, 3.63) is 70.3 Å². The second-order valence-corrected chi connectivity index (χ2v) is 4.26. The van der Waals surface area contributed by atoms with Gasteiger partial charge in [0.2, 0.25) is 0 Å². The van der Waals surface area contributed by atoms with Crippen LogP contribution in [0.2, 0.25) is 0 Å². The van der Waals surface area contributed by atoms with E-state index >= 15 is 0 Å². The Morgan fingerprint density at radius 3 is 2.36 bits per heavy atom. The van der Waals surface area contributed by atoms with Crippen molar-refractivity contribution in [2.24, 2.45) is 0 Å². The average molecular weight is 300 g/mol. The van der Waals surface area contributed by atoms with Crippen molar-refractivity contribution in [2.45, 2.75) is 0 Å². The number of anilines is 1. The Morgan fingerprint density at radius 2 is 1.68 bits per heavy atom. The Bertz CT molecular complexity index is 700. The van der Waals surface area contributed by atoms with Gasteiger partial charge in [-0.15, -0.1) is 0 Å². The molecule has 0 saturated carbocycles. The predicted molar refractivity (Wildman–Crippen MR) is 78.5 cm³/mol. The fourth-order valence-electron chi connectivity index (χ4n) is 1.73. The first-order valence-electron chi connectivity index (χ1n) is 6.33. The summed E-state index contributed by atoms with van der Waals surface area (Å²) in [4.78, 5) is 33.6. The lowest BCUT2D eigenvalue weighted by molar-refractivity contribution is -0.385. The standard InChI is InChI=1S/C15H12N2O5/c18-14(16-11-6-2-1-3-7-11)10-22-15(19)12-8-4-5-9-13(12)17(20)21/h1-9H,10H2,(H,16,18). The van der Waals surface area contributed by atoms with Crippen LogP contribution in [0.25, 0.3) is 0 Å². The van der Waals surface area contributed by atoms with Gasteiger partial charge in [-0.05, 0) is 18.2 Å². The van der Waals surface area contributed by atoms with Crippen LogP contribution >= 0.6 is 0 Å². The average Bonchev–Trinajstić information content (AvgIpc) is 2.53. The molecule has 0 aromatic heterocycles. The first-order chi connectivity index (χ1) is 10.6. The number of rotatable bonds is 5. The Labute approximate surface area is 125 Å². The molecule has 7 nitrogen and oxygen atoms in total. The van der Waals surface area contributed by atoms with Crippen molar-refractivity contribution in [3.8, 4) is 0 Å². The van der Waals surface area contributed by atoms with E-state index in [-0.39, 0.29) is 11.3 Å². The second-order valence-electron chi connectivity index (χ2n) is 4.26. The van der Waals surface area contributed by atoms with Gasteiger partial charge in [0.1, 0.15) is 5.56 Å². The first-order valence-corrected chi connectivity index (χ1v) is 6.33. The molecule has 2 aromatic rings. The molecule has 0 saturated heterocycles. The number of hydrogen-bond donors (Lipinski definition) is 1. The zero-order chi connectivity index (χ0) is 15.9. The monoisotopic (exact) mass is 300 g/mol. The highest BCUT2D eigenvalue weighted by atomic mass is 16.6. The van der Waals surface area contributed by atoms with Crippen LogP contribution in [0.1, 0.15) is 10.4 Å². The summed E-state index contributed by atoms with van der Waals surface area (Å²) in [5.74, 6) is -1.45. The zero-order valence-corrected chi connectivity index (χ0v) is 11.4. The molecule has 0 aliphatic rings. The Balaban J connectivity index is 1.96. The molecule has 0 aliphatic carbocycles. The maximum atomic E-state index is 11.8. The number of nitrogens with one attached hydrogen (secondary N) is 1. The van der Waals surface area contributed by atoms with E-state index in [2.05, 4.69) is 5.32 Å². The minimum absolute atomic E-state index is 0.194. The summed E-state index contributed by atoms with van der Waals surface area (Å²) in [5.41, 5.74) is 0.00483. The highest BCUT2D eigenvalue weighted by Gasteiger charge is 2.21. The topological polar surface area (TPSA) is 98.5 Å². The number of carbonyl (C=O) groups is 2. The summed E-state index contributed by atoms with van der Waals surface area (Å²) in [5, 5.41) is 13.4. The van der Waals surface area contributed by atoms with Crippen LogP contribution in [-0.2, 0) is 9.53 Å². The number of para-hydroxylation sites is 2. The van der Waals surface area contributed by atoms with Gasteiger partial charge in [0, 0.05) is 11.8 Å². The third-order valence-electron chi connectivity index (χ3n) is 2.71. The third-order valence-corrected chi connectivity index (χ3v) is 2.71. The summed E-state index contributed by atoms with van der Waals surface area (Å²) in [6, 6.07) is 14.0. The number of esters is 1. The smallest absolute Gasteiger partial charge is 0.345 e. The van der Waals surface area contributed by atoms with Crippen molar-refractivity contribution in [2.75, 3.05) is 11.9 Å². The van der Waals surface area contributed by atoms with Crippen molar-refractivity contribution in [1.29, 1.82) is 0 Å². The van der Waals surface area contributed by atoms with E-state index in [0.29, 0.717) is 5.69 Å². The van der Waals surface area contributed by atoms with E-state index in [1.165, 1.54) is 24.3 Å². The highest BCUT2D eigenvalue weighted by Crippen LogP contribution is 2.18. The van der Waals surface area contributed by atoms with Crippen LogP contribution in [0, 0.1) is 10.1 Å². The third kappa shape index (κ3) is 3.89. The number of nitrogens with zero attached hydrogens (tertiary/aromatic N) is 1. The Morgan fingerprint density at radius 1 is 1.05 bits per heavy atom. The first kappa shape index (κ1) is 15.2. The van der Waals surface area contributed by atoms with E-state index < -0.39 is 23.4 Å². The van der Waals surface area contributed by atoms with E-state index in [4.69, 9.17) is 4.74 Å². The SMILES string of the molecule is O=C(COC(=O)c1ccccc1[N+](=O)[O-])Nc1ccccc1. The summed E-state index contributed by atoms with van der Waals surface area (Å²) >= 11 is 0. The molecular weight excluding hydrogens is 288 g/mol. The summed E-state index contributed by atoms with van der Waals surface area (Å²) in [6.07, 6.45) is 0. The molecular formula is C15H12N2O5. The molecule has 22 heavy (non-hydrogen) atoms. The highest BCUT2D eigenvalue weighted by molar-refractivity contribution is 5.97. The van der Waals surface area contributed by atoms with Gasteiger partial charge in [-0.2, -0.15) is 0 Å². The van der Waals surface area contributed by atoms with Gasteiger partial charge in [-0.3, -0.25) is 14.9 Å². The van der Waals surface area contributed by atoms with Gasteiger partial charge in [-0.1, -0.05) is 30.3 Å². The second kappa shape index (κ2) is 6.98. The minimum atomic E-state index is -0.921. The van der Waals surface area contributed by atoms with E-state index in [9.17, 15) is 19.7 Å². The number of hydrogen-bond acceptors (Lipinski definition) is 5. The van der Waals surface area contributed by atoms with Crippen molar-refractivity contribution >= 4 is 23.3 Å². The lowest BCUT2D eigenvalue weighted by atomic mass is 10.2. The van der Waals surface area contributed by atoms with Crippen molar-refractivity contribution < 1.29 is 19.2 Å². The minimum Gasteiger partial charge on any atom is -0.452 e. The van der Waals surface area contributed by atoms with Crippen LogP contribution in [0.3, 0.4) is 0 Å². The normalized spacial score (nSPS) is 9.82. The Kier molecular flexibility index (Phi) is 4.81. The number of carbonyl (C=O) groups excluding carboxylic acids is 2. The zero-order valence-electron chi connectivity index (χ0n) is 11.4. The number of ether oxygens (including phenoxy) is 1. The van der Waals surface area contributed by atoms with Crippen LogP contribution < -0.4 is 5.32 Å². The van der Waals surface area contributed by atoms with Crippen molar-refractivity contribution in [3.63, 3.8) is 0 Å². The van der Waals surface area contributed by atoms with E-state index in [1.807, 2.05) is 0 Å². The van der Waals surface area contributed by atoms with Crippen molar-refractivity contribution in [1.82, 2.24) is 0 Å². The van der Waals surface area contributed by atoms with Gasteiger partial charge >= 0.3 is 5.97 Å². The molecule has 0 heterocycles. The molecule has 0 atom stereocenters. The van der Waals surface area contributed by atoms with Gasteiger partial charge in [-0.25, -0.2) is 4.79 Å². The number of benzene rings is 2. The molecule has 2 rings (SSSR count). The molecule has 112 valence electrons. The molecule has 0 aliphatic heterocycles. The van der Waals surface area contributed by atoms with Gasteiger partial charge in [0.15, 0.2) is 6.61 Å². The largest absolute Gasteiger partial charge is 0.452 e. The molecule has 7 heteroatoms. The quantitative estimate of drug-likeness (QED) is 0.519. The van der Waals surface area contributed by atoms with Gasteiger partial charge in [0.05, 0.1) is 4.92 Å². The van der Waals surface area contributed by atoms with Crippen LogP contribution in [0.5, 0.6) is 0 Å². The number of nitro benzene ring substituents is 1. The molecule has 0 fully saturated rings. The molecule has 0 unspecified atom stereocenters. The molecule has 1 N–H and O–H groups in total. The maximum Gasteiger partial charge on any atom is 0.345 e. The predicted octanol–water partition coefficient (Wildman–Crippen LogP) is 2.39. The fraction of sp³-hybridized carbons (Fsp3) is 0.0667. The van der Waals surface area contributed by atoms with Crippen LogP contribution in [-0.4, -0.2) is 23.4 Å². The molecule has 2 aromatic carbocycles.